The van der Waals surface area contributed by atoms with Crippen LogP contribution in [0.3, 0.4) is 0 Å². The zero-order chi connectivity index (χ0) is 20.8. The molecule has 0 bridgehead atoms. The summed E-state index contributed by atoms with van der Waals surface area (Å²) in [7, 11) is 0. The fourth-order valence-electron chi connectivity index (χ4n) is 3.62. The molecule has 1 fully saturated rings. The maximum atomic E-state index is 12.9. The highest BCUT2D eigenvalue weighted by atomic mass is 35.5. The molecule has 0 saturated carbocycles. The predicted octanol–water partition coefficient (Wildman–Crippen LogP) is 2.85. The van der Waals surface area contributed by atoms with Crippen LogP contribution in [0.4, 0.5) is 0 Å². The van der Waals surface area contributed by atoms with Crippen molar-refractivity contribution < 1.29 is 14.4 Å². The molecule has 1 N–H and O–H groups in total. The number of aromatic nitrogens is 1. The molecule has 4 rings (SSSR count). The molecule has 0 unspecified atom stereocenters. The summed E-state index contributed by atoms with van der Waals surface area (Å²) in [6.07, 6.45) is 3.66. The Morgan fingerprint density at radius 1 is 0.933 bits per heavy atom. The van der Waals surface area contributed by atoms with Gasteiger partial charge in [0, 0.05) is 28.5 Å². The van der Waals surface area contributed by atoms with Crippen molar-refractivity contribution in [1.82, 2.24) is 9.88 Å². The number of nitrogens with one attached hydrogen (secondary N) is 1. The maximum Gasteiger partial charge on any atom is 0.254 e. The molecule has 1 aliphatic rings. The third kappa shape index (κ3) is 5.38. The van der Waals surface area contributed by atoms with Crippen molar-refractivity contribution in [2.24, 2.45) is 0 Å². The number of hydrogen-bond acceptors (Lipinski definition) is 3. The summed E-state index contributed by atoms with van der Waals surface area (Å²) in [5.41, 5.74) is 3.03. The lowest BCUT2D eigenvalue weighted by atomic mass is 10.1. The van der Waals surface area contributed by atoms with E-state index >= 15 is 0 Å². The summed E-state index contributed by atoms with van der Waals surface area (Å²) < 4.78 is 5.76. The molecule has 0 atom stereocenters. The Morgan fingerprint density at radius 3 is 2.27 bits per heavy atom. The molecule has 154 valence electrons. The van der Waals surface area contributed by atoms with E-state index in [1.165, 1.54) is 10.5 Å². The monoisotopic (exact) mass is 422 g/mol. The highest BCUT2D eigenvalue weighted by molar-refractivity contribution is 6.30. The quantitative estimate of drug-likeness (QED) is 0.664. The molecule has 30 heavy (non-hydrogen) atoms. The molecule has 0 aliphatic carbocycles. The number of quaternary nitrogens is 1. The molecular formula is C24H25ClN3O2+. The van der Waals surface area contributed by atoms with Crippen LogP contribution in [0.5, 0.6) is 5.75 Å². The predicted molar refractivity (Wildman–Crippen MR) is 117 cm³/mol. The van der Waals surface area contributed by atoms with Crippen molar-refractivity contribution in [3.05, 3.63) is 94.8 Å². The number of nitrogens with zero attached hydrogens (tertiary/aromatic N) is 2. The van der Waals surface area contributed by atoms with Gasteiger partial charge < -0.3 is 14.5 Å². The fraction of sp³-hybridized carbons (Fsp3) is 0.250. The van der Waals surface area contributed by atoms with Crippen LogP contribution in [-0.4, -0.2) is 42.0 Å². The van der Waals surface area contributed by atoms with Gasteiger partial charge in [0.1, 0.15) is 18.9 Å². The van der Waals surface area contributed by atoms with Crippen LogP contribution in [0, 0.1) is 0 Å². The van der Waals surface area contributed by atoms with Crippen LogP contribution < -0.4 is 9.64 Å². The zero-order valence-corrected chi connectivity index (χ0v) is 17.5. The number of benzene rings is 2. The smallest absolute Gasteiger partial charge is 0.254 e. The van der Waals surface area contributed by atoms with Crippen molar-refractivity contribution in [3.8, 4) is 5.75 Å². The van der Waals surface area contributed by atoms with Crippen molar-refractivity contribution in [3.63, 3.8) is 0 Å². The summed E-state index contributed by atoms with van der Waals surface area (Å²) >= 11 is 5.89. The van der Waals surface area contributed by atoms with E-state index in [1.54, 1.807) is 12.1 Å². The number of rotatable bonds is 6. The molecule has 1 amide bonds. The van der Waals surface area contributed by atoms with Crippen molar-refractivity contribution >= 4 is 17.5 Å². The van der Waals surface area contributed by atoms with Crippen molar-refractivity contribution in [2.75, 3.05) is 26.2 Å². The van der Waals surface area contributed by atoms with Crippen LogP contribution in [-0.2, 0) is 13.2 Å². The number of amides is 1. The van der Waals surface area contributed by atoms with E-state index in [1.807, 2.05) is 53.7 Å². The number of piperazine rings is 1. The molecule has 1 aliphatic heterocycles. The van der Waals surface area contributed by atoms with E-state index in [4.69, 9.17) is 16.3 Å². The first-order valence-electron chi connectivity index (χ1n) is 10.2. The highest BCUT2D eigenvalue weighted by Crippen LogP contribution is 2.17. The van der Waals surface area contributed by atoms with Crippen LogP contribution in [0.1, 0.15) is 21.5 Å². The fourth-order valence-corrected chi connectivity index (χ4v) is 3.74. The second-order valence-electron chi connectivity index (χ2n) is 7.51. The molecule has 0 spiro atoms. The maximum absolute atomic E-state index is 12.9. The summed E-state index contributed by atoms with van der Waals surface area (Å²) in [4.78, 5) is 20.4. The van der Waals surface area contributed by atoms with Gasteiger partial charge in [0.2, 0.25) is 0 Å². The Morgan fingerprint density at radius 2 is 1.60 bits per heavy atom. The third-order valence-corrected chi connectivity index (χ3v) is 5.63. The SMILES string of the molecule is O=C(c1ccc(COc2ccc(Cl)cc2)cc1)N1CC[NH+](Cc2ccncc2)CC1. The lowest BCUT2D eigenvalue weighted by Gasteiger charge is -2.32. The molecule has 6 heteroatoms. The molecule has 5 nitrogen and oxygen atoms in total. The summed E-state index contributed by atoms with van der Waals surface area (Å²) in [6, 6.07) is 19.1. The second kappa shape index (κ2) is 9.74. The normalized spacial score (nSPS) is 14.5. The van der Waals surface area contributed by atoms with Gasteiger partial charge >= 0.3 is 0 Å². The van der Waals surface area contributed by atoms with Gasteiger partial charge in [-0.05, 0) is 54.1 Å². The van der Waals surface area contributed by atoms with Crippen LogP contribution >= 0.6 is 11.6 Å². The lowest BCUT2D eigenvalue weighted by molar-refractivity contribution is -0.917. The standard InChI is InChI=1S/C24H24ClN3O2/c25-22-5-7-23(8-6-22)30-18-20-1-3-21(4-2-20)24(29)28-15-13-27(14-16-28)17-19-9-11-26-12-10-19/h1-12H,13-18H2/p+1. The van der Waals surface area contributed by atoms with Gasteiger partial charge in [0.25, 0.3) is 5.91 Å². The van der Waals surface area contributed by atoms with Crippen molar-refractivity contribution in [2.45, 2.75) is 13.2 Å². The van der Waals surface area contributed by atoms with E-state index in [2.05, 4.69) is 17.1 Å². The number of carbonyl (C=O) groups excluding carboxylic acids is 1. The summed E-state index contributed by atoms with van der Waals surface area (Å²) in [5, 5.41) is 0.685. The first kappa shape index (κ1) is 20.4. The van der Waals surface area contributed by atoms with Crippen LogP contribution in [0.15, 0.2) is 73.1 Å². The number of halogens is 1. The number of pyridine rings is 1. The molecule has 2 aromatic carbocycles. The highest BCUT2D eigenvalue weighted by Gasteiger charge is 2.24. The topological polar surface area (TPSA) is 46.9 Å². The number of hydrogen-bond donors (Lipinski definition) is 1. The van der Waals surface area contributed by atoms with Crippen LogP contribution in [0.2, 0.25) is 5.02 Å². The molecular weight excluding hydrogens is 398 g/mol. The minimum absolute atomic E-state index is 0.100. The van der Waals surface area contributed by atoms with Gasteiger partial charge in [-0.25, -0.2) is 0 Å². The number of ether oxygens (including phenoxy) is 1. The van der Waals surface area contributed by atoms with E-state index in [0.29, 0.717) is 11.6 Å². The Kier molecular flexibility index (Phi) is 6.62. The van der Waals surface area contributed by atoms with Gasteiger partial charge in [-0.3, -0.25) is 9.78 Å². The van der Waals surface area contributed by atoms with Crippen LogP contribution in [0.25, 0.3) is 0 Å². The third-order valence-electron chi connectivity index (χ3n) is 5.38. The van der Waals surface area contributed by atoms with E-state index < -0.39 is 0 Å². The number of carbonyl (C=O) groups is 1. The largest absolute Gasteiger partial charge is 0.489 e. The molecule has 2 heterocycles. The molecule has 1 saturated heterocycles. The van der Waals surface area contributed by atoms with Gasteiger partial charge in [-0.2, -0.15) is 0 Å². The van der Waals surface area contributed by atoms with Gasteiger partial charge in [0.15, 0.2) is 0 Å². The van der Waals surface area contributed by atoms with E-state index in [-0.39, 0.29) is 5.91 Å². The zero-order valence-electron chi connectivity index (χ0n) is 16.8. The second-order valence-corrected chi connectivity index (χ2v) is 7.95. The lowest BCUT2D eigenvalue weighted by Crippen LogP contribution is -3.13. The van der Waals surface area contributed by atoms with Gasteiger partial charge in [-0.15, -0.1) is 0 Å². The minimum Gasteiger partial charge on any atom is -0.489 e. The minimum atomic E-state index is 0.100. The van der Waals surface area contributed by atoms with Gasteiger partial charge in [0.05, 0.1) is 26.2 Å². The summed E-state index contributed by atoms with van der Waals surface area (Å²) in [5.74, 6) is 0.870. The Balaban J connectivity index is 1.27. The summed E-state index contributed by atoms with van der Waals surface area (Å²) in [6.45, 7) is 4.91. The van der Waals surface area contributed by atoms with Crippen molar-refractivity contribution in [1.29, 1.82) is 0 Å². The molecule has 1 aromatic heterocycles. The van der Waals surface area contributed by atoms with Gasteiger partial charge in [-0.1, -0.05) is 23.7 Å². The van der Waals surface area contributed by atoms with E-state index in [9.17, 15) is 4.79 Å². The average molecular weight is 423 g/mol. The Labute approximate surface area is 181 Å². The Bertz CT molecular complexity index is 954. The Hall–Kier alpha value is -2.89. The molecule has 3 aromatic rings. The average Bonchev–Trinajstić information content (AvgIpc) is 2.80. The molecule has 0 radical (unpaired) electrons. The first-order valence-corrected chi connectivity index (χ1v) is 10.5. The van der Waals surface area contributed by atoms with E-state index in [0.717, 1.165) is 49.6 Å². The first-order chi connectivity index (χ1) is 14.7.